The number of nitrogens with zero attached hydrogens (tertiary/aromatic N) is 10. The summed E-state index contributed by atoms with van der Waals surface area (Å²) in [7, 11) is 0. The van der Waals surface area contributed by atoms with Crippen LogP contribution in [-0.2, 0) is 0 Å². The maximum Gasteiger partial charge on any atom is 0.235 e. The number of hydrogen-bond donors (Lipinski definition) is 0. The van der Waals surface area contributed by atoms with Crippen LogP contribution in [0, 0.1) is 0 Å². The molecule has 0 amide bonds. The van der Waals surface area contributed by atoms with Gasteiger partial charge in [0.05, 0.1) is 88.6 Å². The fourth-order valence-corrected chi connectivity index (χ4v) is 20.7. The molecule has 0 saturated carbocycles. The third-order valence-corrected chi connectivity index (χ3v) is 26.0. The number of aromatic nitrogens is 10. The molecule has 10 heteroatoms. The van der Waals surface area contributed by atoms with Crippen LogP contribution in [0.15, 0.2) is 400 Å². The summed E-state index contributed by atoms with van der Waals surface area (Å²) in [5.41, 5.74) is 25.0. The summed E-state index contributed by atoms with van der Waals surface area (Å²) in [5, 5.41) is 23.1. The first-order chi connectivity index (χ1) is 60.5. The fraction of sp³-hybridized carbons (Fsp3) is 0. The molecule has 122 heavy (non-hydrogen) atoms. The minimum absolute atomic E-state index is 0.593. The summed E-state index contributed by atoms with van der Waals surface area (Å²) in [4.78, 5) is 22.8. The Hall–Kier alpha value is -16.6. The summed E-state index contributed by atoms with van der Waals surface area (Å²) in [6.45, 7) is 0. The Kier molecular flexibility index (Phi) is 13.9. The molecule has 0 aliphatic heterocycles. The Morgan fingerprint density at radius 3 is 0.975 bits per heavy atom. The molecule has 0 radical (unpaired) electrons. The van der Waals surface area contributed by atoms with Crippen molar-refractivity contribution in [2.24, 2.45) is 0 Å². The van der Waals surface area contributed by atoms with Crippen molar-refractivity contribution in [1.29, 1.82) is 0 Å². The lowest BCUT2D eigenvalue weighted by Crippen LogP contribution is -2.04. The quantitative estimate of drug-likeness (QED) is 0.144. The molecule has 0 saturated heterocycles. The van der Waals surface area contributed by atoms with Crippen molar-refractivity contribution >= 4 is 185 Å². The molecular formula is C112H66N10. The van der Waals surface area contributed by atoms with Crippen LogP contribution in [0.1, 0.15) is 0 Å². The maximum atomic E-state index is 5.83. The summed E-state index contributed by atoms with van der Waals surface area (Å²) >= 11 is 0. The second kappa shape index (κ2) is 25.5. The molecule has 27 aromatic rings. The molecular weight excluding hydrogens is 1490 g/mol. The van der Waals surface area contributed by atoms with Gasteiger partial charge in [-0.2, -0.15) is 0 Å². The average Bonchev–Trinajstić information content (AvgIpc) is 1.56. The van der Waals surface area contributed by atoms with Crippen LogP contribution in [0.2, 0.25) is 0 Å². The van der Waals surface area contributed by atoms with Gasteiger partial charge in [-0.15, -0.1) is 0 Å². The van der Waals surface area contributed by atoms with Crippen LogP contribution in [0.4, 0.5) is 0 Å². The van der Waals surface area contributed by atoms with E-state index in [1.165, 1.54) is 59.2 Å². The van der Waals surface area contributed by atoms with E-state index in [0.717, 1.165) is 182 Å². The van der Waals surface area contributed by atoms with E-state index in [1.807, 2.05) is 0 Å². The van der Waals surface area contributed by atoms with Crippen LogP contribution in [-0.4, -0.2) is 47.3 Å². The first-order valence-electron chi connectivity index (χ1n) is 41.7. The molecule has 8 heterocycles. The van der Waals surface area contributed by atoms with Crippen molar-refractivity contribution in [3.8, 4) is 68.3 Å². The lowest BCUT2D eigenvalue weighted by atomic mass is 9.98. The van der Waals surface area contributed by atoms with Gasteiger partial charge in [-0.05, 0) is 171 Å². The largest absolute Gasteiger partial charge is 0.309 e. The van der Waals surface area contributed by atoms with E-state index >= 15 is 0 Å². The number of benzene rings is 19. The van der Waals surface area contributed by atoms with Gasteiger partial charge in [0.1, 0.15) is 0 Å². The molecule has 0 unspecified atom stereocenters. The SMILES string of the molecule is c1ccc(-n2c3ccccc3c3ccc(-c4nc(-n5c6cc(-n7c8ccccc8c8ccccc87)ccc6c6c7ccc(-c8cccc(-n9c%10ccccc%10c%10ccc(-c%11nc(-n%12c%13cc(-n%14c%15ccccc%15c%15c%16ccccc%16ccc%15%14)ccc%13c%13c%14ccccc%14ccc%13%12)nc%12ccccc%11%12)cc%109)c8)cc7ccc65)nc5ccccc45)cc32)cc1. The average molecular weight is 1550 g/mol. The highest BCUT2D eigenvalue weighted by Crippen LogP contribution is 2.47. The summed E-state index contributed by atoms with van der Waals surface area (Å²) in [6.07, 6.45) is 0. The Labute approximate surface area is 696 Å². The molecule has 0 N–H and O–H groups in total. The Bertz CT molecular complexity index is 9190. The minimum atomic E-state index is 0.593. The second-order valence-corrected chi connectivity index (χ2v) is 32.4. The Morgan fingerprint density at radius 2 is 0.467 bits per heavy atom. The van der Waals surface area contributed by atoms with E-state index in [0.29, 0.717) is 11.9 Å². The Balaban J connectivity index is 0.615. The number of para-hydroxylation sites is 8. The molecule has 0 aliphatic rings. The van der Waals surface area contributed by atoms with Crippen molar-refractivity contribution in [1.82, 2.24) is 47.3 Å². The van der Waals surface area contributed by atoms with Gasteiger partial charge in [0.15, 0.2) is 0 Å². The van der Waals surface area contributed by atoms with Crippen LogP contribution in [0.5, 0.6) is 0 Å². The minimum Gasteiger partial charge on any atom is -0.309 e. The molecule has 0 spiro atoms. The summed E-state index contributed by atoms with van der Waals surface area (Å²) in [6, 6.07) is 146. The van der Waals surface area contributed by atoms with Crippen LogP contribution in [0.25, 0.3) is 253 Å². The zero-order valence-electron chi connectivity index (χ0n) is 65.6. The first-order valence-corrected chi connectivity index (χ1v) is 41.7. The predicted molar refractivity (Wildman–Crippen MR) is 507 cm³/mol. The third kappa shape index (κ3) is 9.59. The van der Waals surface area contributed by atoms with Gasteiger partial charge < -0.3 is 18.3 Å². The zero-order valence-corrected chi connectivity index (χ0v) is 65.6. The van der Waals surface area contributed by atoms with Crippen molar-refractivity contribution in [2.45, 2.75) is 0 Å². The van der Waals surface area contributed by atoms with Crippen LogP contribution in [0.3, 0.4) is 0 Å². The highest BCUT2D eigenvalue weighted by molar-refractivity contribution is 6.26. The molecule has 0 fully saturated rings. The van der Waals surface area contributed by atoms with Crippen molar-refractivity contribution in [3.63, 3.8) is 0 Å². The summed E-state index contributed by atoms with van der Waals surface area (Å²) in [5.74, 6) is 1.19. The number of fused-ring (bicyclic) bond motifs is 26. The summed E-state index contributed by atoms with van der Waals surface area (Å²) < 4.78 is 14.3. The van der Waals surface area contributed by atoms with Crippen molar-refractivity contribution in [3.05, 3.63) is 400 Å². The third-order valence-electron chi connectivity index (χ3n) is 26.0. The lowest BCUT2D eigenvalue weighted by molar-refractivity contribution is 1.01. The van der Waals surface area contributed by atoms with E-state index in [4.69, 9.17) is 19.9 Å². The van der Waals surface area contributed by atoms with E-state index in [9.17, 15) is 0 Å². The molecule has 10 nitrogen and oxygen atoms in total. The van der Waals surface area contributed by atoms with Gasteiger partial charge in [-0.25, -0.2) is 19.9 Å². The maximum absolute atomic E-state index is 5.83. The van der Waals surface area contributed by atoms with Gasteiger partial charge in [0.2, 0.25) is 11.9 Å². The van der Waals surface area contributed by atoms with Crippen molar-refractivity contribution < 1.29 is 0 Å². The second-order valence-electron chi connectivity index (χ2n) is 32.4. The fourth-order valence-electron chi connectivity index (χ4n) is 20.7. The standard InChI is InChI=1S/C112H66N10/c1-2-26-74(27-3-1)117-94-40-17-12-33-83(94)85-54-46-72(63-102(85)117)109-87-35-8-15-38-92(87)114-112(115-109)122-101-60-50-71-61-70(45-53-80(71)108(101)91-56-51-76(65-104(91)122)118-95-41-18-10-31-81(95)82-32-11-19-42-96(82)118)69-25-22-28-75(62-69)120-97-43-20-13-34-84(97)86-55-47-73(64-103(86)120)110-88-36-9-16-39-93(88)113-111(116-110)121-100-59-49-68-24-5-7-30-79(68)107(100)90-57-52-77(66-105(90)121)119-98-44-21-14-37-89(98)106-78-29-6-4-23-67(78)48-58-99(106)119/h1-66H. The first kappa shape index (κ1) is 66.6. The van der Waals surface area contributed by atoms with Crippen LogP contribution >= 0.6 is 0 Å². The van der Waals surface area contributed by atoms with Gasteiger partial charge in [0, 0.05) is 109 Å². The van der Waals surface area contributed by atoms with Gasteiger partial charge in [0.25, 0.3) is 0 Å². The van der Waals surface area contributed by atoms with Crippen LogP contribution < -0.4 is 0 Å². The number of rotatable bonds is 9. The normalized spacial score (nSPS) is 12.3. The van der Waals surface area contributed by atoms with Gasteiger partial charge >= 0.3 is 0 Å². The van der Waals surface area contributed by atoms with Crippen molar-refractivity contribution in [2.75, 3.05) is 0 Å². The highest BCUT2D eigenvalue weighted by Gasteiger charge is 2.27. The van der Waals surface area contributed by atoms with E-state index in [2.05, 4.69) is 428 Å². The predicted octanol–water partition coefficient (Wildman–Crippen LogP) is 28.6. The Morgan fingerprint density at radius 1 is 0.148 bits per heavy atom. The van der Waals surface area contributed by atoms with Gasteiger partial charge in [-0.1, -0.05) is 273 Å². The van der Waals surface area contributed by atoms with E-state index in [1.54, 1.807) is 0 Å². The van der Waals surface area contributed by atoms with E-state index in [-0.39, 0.29) is 0 Å². The topological polar surface area (TPSA) is 81.1 Å². The molecule has 0 atom stereocenters. The molecule has 564 valence electrons. The molecule has 8 aromatic heterocycles. The lowest BCUT2D eigenvalue weighted by Gasteiger charge is -2.14. The monoisotopic (exact) mass is 1550 g/mol. The molecule has 0 aliphatic carbocycles. The zero-order chi connectivity index (χ0) is 79.5. The van der Waals surface area contributed by atoms with Gasteiger partial charge in [-0.3, -0.25) is 9.13 Å². The molecule has 27 rings (SSSR count). The molecule has 19 aromatic carbocycles. The number of hydrogen-bond acceptors (Lipinski definition) is 4. The van der Waals surface area contributed by atoms with E-state index < -0.39 is 0 Å². The molecule has 0 bridgehead atoms. The highest BCUT2D eigenvalue weighted by atomic mass is 15.2. The smallest absolute Gasteiger partial charge is 0.235 e.